The molecule has 5 nitrogen and oxygen atoms in total. The van der Waals surface area contributed by atoms with Crippen molar-refractivity contribution in [2.24, 2.45) is 6.98 Å². The van der Waals surface area contributed by atoms with E-state index in [0.717, 1.165) is 9.04 Å². The lowest BCUT2D eigenvalue weighted by Gasteiger charge is -2.02. The molecule has 0 fully saturated rings. The van der Waals surface area contributed by atoms with Crippen LogP contribution in [0.4, 0.5) is 5.69 Å². The van der Waals surface area contributed by atoms with Crippen molar-refractivity contribution in [2.45, 2.75) is 0 Å². The molecule has 0 amide bonds. The van der Waals surface area contributed by atoms with E-state index >= 15 is 0 Å². The molecule has 100 valence electrons. The average Bonchev–Trinajstić information content (AvgIpc) is 2.86. The topological polar surface area (TPSA) is 61.0 Å². The molecule has 0 atom stereocenters. The Kier molecular flexibility index (Phi) is 2.28. The number of aryl methyl sites for hydroxylation is 1. The molecule has 0 saturated heterocycles. The zero-order chi connectivity index (χ0) is 16.8. The molecule has 20 heavy (non-hydrogen) atoms. The van der Waals surface area contributed by atoms with Crippen molar-refractivity contribution in [1.82, 2.24) is 9.55 Å². The van der Waals surface area contributed by atoms with Crippen LogP contribution in [0.5, 0.6) is 0 Å². The third-order valence-corrected chi connectivity index (χ3v) is 3.48. The summed E-state index contributed by atoms with van der Waals surface area (Å²) in [5.41, 5.74) is 1.08. The summed E-state index contributed by atoms with van der Waals surface area (Å²) in [6, 6.07) is 11.0. The highest BCUT2D eigenvalue weighted by atomic mass is 79.9. The number of hydrogen-bond acceptors (Lipinski definition) is 3. The van der Waals surface area contributed by atoms with E-state index in [0.29, 0.717) is 11.1 Å². The molecular formula is C14H10BrN3O2. The van der Waals surface area contributed by atoms with Gasteiger partial charge in [-0.1, -0.05) is 28.1 Å². The molecule has 0 aliphatic carbocycles. The zero-order valence-electron chi connectivity index (χ0n) is 13.1. The highest BCUT2D eigenvalue weighted by Crippen LogP contribution is 2.27. The normalized spacial score (nSPS) is 13.8. The first-order chi connectivity index (χ1) is 10.8. The Morgan fingerprint density at radius 3 is 2.70 bits per heavy atom. The van der Waals surface area contributed by atoms with E-state index in [9.17, 15) is 10.1 Å². The van der Waals surface area contributed by atoms with Gasteiger partial charge in [0, 0.05) is 33.3 Å². The van der Waals surface area contributed by atoms with E-state index in [4.69, 9.17) is 4.11 Å². The second-order valence-electron chi connectivity index (χ2n) is 4.21. The van der Waals surface area contributed by atoms with Gasteiger partial charge in [-0.3, -0.25) is 10.1 Å². The number of hydrogen-bond donors (Lipinski definition) is 0. The molecule has 0 bridgehead atoms. The Morgan fingerprint density at radius 2 is 2.05 bits per heavy atom. The predicted octanol–water partition coefficient (Wildman–Crippen LogP) is 3.91. The minimum atomic E-state index is -2.45. The summed E-state index contributed by atoms with van der Waals surface area (Å²) in [5.74, 6) is 0.244. The zero-order valence-corrected chi connectivity index (χ0v) is 11.7. The second-order valence-corrected chi connectivity index (χ2v) is 5.12. The SMILES string of the molecule is [2H]C([2H])([2H])n1c(-c2ccc(Br)cc2)nc2cc([N+](=O)[O-])ccc21. The number of nitrogens with zero attached hydrogens (tertiary/aromatic N) is 3. The number of nitro groups is 1. The maximum Gasteiger partial charge on any atom is 0.271 e. The van der Waals surface area contributed by atoms with Gasteiger partial charge in [-0.15, -0.1) is 0 Å². The van der Waals surface area contributed by atoms with Gasteiger partial charge in [-0.05, 0) is 18.2 Å². The maximum absolute atomic E-state index is 10.9. The first-order valence-corrected chi connectivity index (χ1v) is 6.50. The molecule has 1 aromatic heterocycles. The van der Waals surface area contributed by atoms with Crippen LogP contribution >= 0.6 is 15.9 Å². The molecular weight excluding hydrogens is 322 g/mol. The van der Waals surface area contributed by atoms with Crippen molar-refractivity contribution < 1.29 is 9.04 Å². The molecule has 0 aliphatic heterocycles. The van der Waals surface area contributed by atoms with Crippen molar-refractivity contribution in [3.63, 3.8) is 0 Å². The first kappa shape index (κ1) is 9.66. The smallest absolute Gasteiger partial charge is 0.271 e. The molecule has 0 spiro atoms. The summed E-state index contributed by atoms with van der Waals surface area (Å²) in [4.78, 5) is 14.7. The average molecular weight is 335 g/mol. The van der Waals surface area contributed by atoms with Gasteiger partial charge >= 0.3 is 0 Å². The van der Waals surface area contributed by atoms with Crippen LogP contribution in [0.25, 0.3) is 22.4 Å². The van der Waals surface area contributed by atoms with Crippen molar-refractivity contribution in [2.75, 3.05) is 0 Å². The number of benzene rings is 2. The van der Waals surface area contributed by atoms with Crippen molar-refractivity contribution in [1.29, 1.82) is 0 Å². The molecule has 0 saturated carbocycles. The van der Waals surface area contributed by atoms with Crippen molar-refractivity contribution in [3.05, 3.63) is 57.1 Å². The standard InChI is InChI=1S/C14H10BrN3O2/c1-17-13-7-6-11(18(19)20)8-12(13)16-14(17)9-2-4-10(15)5-3-9/h2-8H,1H3/i1D3. The van der Waals surface area contributed by atoms with Gasteiger partial charge in [0.25, 0.3) is 5.69 Å². The highest BCUT2D eigenvalue weighted by Gasteiger charge is 2.13. The number of non-ortho nitro benzene ring substituents is 1. The van der Waals surface area contributed by atoms with Crippen LogP contribution in [0.3, 0.4) is 0 Å². The van der Waals surface area contributed by atoms with Gasteiger partial charge in [-0.2, -0.15) is 0 Å². The van der Waals surface area contributed by atoms with E-state index in [-0.39, 0.29) is 17.0 Å². The van der Waals surface area contributed by atoms with Gasteiger partial charge in [0.15, 0.2) is 0 Å². The van der Waals surface area contributed by atoms with Crippen molar-refractivity contribution >= 4 is 32.7 Å². The maximum atomic E-state index is 10.9. The number of nitro benzene ring substituents is 1. The van der Waals surface area contributed by atoms with Crippen LogP contribution in [0.1, 0.15) is 4.11 Å². The number of aromatic nitrogens is 2. The van der Waals surface area contributed by atoms with E-state index in [1.165, 1.54) is 18.2 Å². The van der Waals surface area contributed by atoms with Crippen LogP contribution in [0.2, 0.25) is 0 Å². The largest absolute Gasteiger partial charge is 0.327 e. The van der Waals surface area contributed by atoms with E-state index in [1.807, 2.05) is 0 Å². The lowest BCUT2D eigenvalue weighted by molar-refractivity contribution is -0.384. The van der Waals surface area contributed by atoms with Crippen LogP contribution < -0.4 is 0 Å². The Hall–Kier alpha value is -2.21. The van der Waals surface area contributed by atoms with Crippen LogP contribution in [-0.2, 0) is 6.98 Å². The summed E-state index contributed by atoms with van der Waals surface area (Å²) >= 11 is 3.32. The quantitative estimate of drug-likeness (QED) is 0.527. The number of fused-ring (bicyclic) bond motifs is 1. The Bertz CT molecular complexity index is 904. The first-order valence-electron chi connectivity index (χ1n) is 7.21. The fraction of sp³-hybridized carbons (Fsp3) is 0.0714. The van der Waals surface area contributed by atoms with Gasteiger partial charge in [0.2, 0.25) is 0 Å². The molecule has 6 heteroatoms. The summed E-state index contributed by atoms with van der Waals surface area (Å²) in [5, 5.41) is 10.9. The van der Waals surface area contributed by atoms with E-state index in [2.05, 4.69) is 20.9 Å². The molecule has 0 radical (unpaired) electrons. The second kappa shape index (κ2) is 4.72. The lowest BCUT2D eigenvalue weighted by atomic mass is 10.2. The predicted molar refractivity (Wildman–Crippen MR) is 80.5 cm³/mol. The summed E-state index contributed by atoms with van der Waals surface area (Å²) in [6.45, 7) is -2.45. The minimum absolute atomic E-state index is 0.130. The molecule has 2 aromatic carbocycles. The minimum Gasteiger partial charge on any atom is -0.327 e. The Labute approximate surface area is 127 Å². The van der Waals surface area contributed by atoms with Gasteiger partial charge in [0.05, 0.1) is 16.0 Å². The molecule has 0 N–H and O–H groups in total. The fourth-order valence-corrected chi connectivity index (χ4v) is 2.24. The summed E-state index contributed by atoms with van der Waals surface area (Å²) in [6.07, 6.45) is 0. The summed E-state index contributed by atoms with van der Waals surface area (Å²) < 4.78 is 25.2. The van der Waals surface area contributed by atoms with E-state index in [1.54, 1.807) is 24.3 Å². The number of rotatable bonds is 2. The number of halogens is 1. The molecule has 1 heterocycles. The molecule has 0 aliphatic rings. The van der Waals surface area contributed by atoms with Gasteiger partial charge in [0.1, 0.15) is 5.82 Å². The summed E-state index contributed by atoms with van der Waals surface area (Å²) in [7, 11) is 0. The Balaban J connectivity index is 2.31. The molecule has 3 rings (SSSR count). The third-order valence-electron chi connectivity index (χ3n) is 2.95. The molecule has 3 aromatic rings. The van der Waals surface area contributed by atoms with Gasteiger partial charge < -0.3 is 4.57 Å². The Morgan fingerprint density at radius 1 is 1.30 bits per heavy atom. The monoisotopic (exact) mass is 334 g/mol. The van der Waals surface area contributed by atoms with Gasteiger partial charge in [-0.25, -0.2) is 4.98 Å². The van der Waals surface area contributed by atoms with E-state index < -0.39 is 11.9 Å². The highest BCUT2D eigenvalue weighted by molar-refractivity contribution is 9.10. The number of imidazole rings is 1. The van der Waals surface area contributed by atoms with Crippen molar-refractivity contribution in [3.8, 4) is 11.4 Å². The van der Waals surface area contributed by atoms with Crippen LogP contribution in [0.15, 0.2) is 46.9 Å². The van der Waals surface area contributed by atoms with Crippen LogP contribution in [0, 0.1) is 10.1 Å². The lowest BCUT2D eigenvalue weighted by Crippen LogP contribution is -1.92. The third kappa shape index (κ3) is 2.08. The van der Waals surface area contributed by atoms with Crippen LogP contribution in [-0.4, -0.2) is 14.5 Å². The molecule has 0 unspecified atom stereocenters. The fourth-order valence-electron chi connectivity index (χ4n) is 1.97.